The van der Waals surface area contributed by atoms with Crippen LogP contribution in [0.4, 0.5) is 0 Å². The van der Waals surface area contributed by atoms with Crippen LogP contribution in [-0.4, -0.2) is 19.2 Å². The summed E-state index contributed by atoms with van der Waals surface area (Å²) < 4.78 is 10.2. The van der Waals surface area contributed by atoms with Crippen LogP contribution in [0.1, 0.15) is 21.7 Å². The summed E-state index contributed by atoms with van der Waals surface area (Å²) in [7, 11) is 1.58. The molecule has 0 radical (unpaired) electrons. The van der Waals surface area contributed by atoms with Crippen LogP contribution in [0, 0.1) is 6.92 Å². The van der Waals surface area contributed by atoms with E-state index in [4.69, 9.17) is 9.15 Å². The standard InChI is InChI=1S/C14H14N2O3/c1-10-12(7-8-19-10)14(17)16-15-9-11-5-3-4-6-13(11)18-2/h3-9H,1-2H3,(H,16,17)/b15-9-. The number of benzene rings is 1. The number of amides is 1. The number of methoxy groups -OCH3 is 1. The number of rotatable bonds is 4. The summed E-state index contributed by atoms with van der Waals surface area (Å²) >= 11 is 0. The third kappa shape index (κ3) is 3.01. The van der Waals surface area contributed by atoms with Gasteiger partial charge in [-0.2, -0.15) is 5.10 Å². The van der Waals surface area contributed by atoms with Gasteiger partial charge in [0, 0.05) is 5.56 Å². The Morgan fingerprint density at radius 1 is 1.37 bits per heavy atom. The van der Waals surface area contributed by atoms with Gasteiger partial charge in [0.05, 0.1) is 25.2 Å². The molecule has 0 fully saturated rings. The topological polar surface area (TPSA) is 63.8 Å². The minimum absolute atomic E-state index is 0.308. The molecule has 1 amide bonds. The van der Waals surface area contributed by atoms with E-state index in [1.165, 1.54) is 12.5 Å². The van der Waals surface area contributed by atoms with Crippen molar-refractivity contribution in [2.24, 2.45) is 5.10 Å². The van der Waals surface area contributed by atoms with Gasteiger partial charge in [-0.1, -0.05) is 12.1 Å². The van der Waals surface area contributed by atoms with Gasteiger partial charge in [-0.05, 0) is 25.1 Å². The minimum atomic E-state index is -0.308. The molecule has 0 bridgehead atoms. The fraction of sp³-hybridized carbons (Fsp3) is 0.143. The van der Waals surface area contributed by atoms with Crippen LogP contribution < -0.4 is 10.2 Å². The molecule has 0 aliphatic heterocycles. The molecule has 0 spiro atoms. The third-order valence-electron chi connectivity index (χ3n) is 2.61. The van der Waals surface area contributed by atoms with E-state index in [1.54, 1.807) is 20.1 Å². The van der Waals surface area contributed by atoms with Crippen molar-refractivity contribution in [3.63, 3.8) is 0 Å². The predicted octanol–water partition coefficient (Wildman–Crippen LogP) is 2.36. The molecule has 98 valence electrons. The molecule has 0 aliphatic rings. The monoisotopic (exact) mass is 258 g/mol. The first-order valence-corrected chi connectivity index (χ1v) is 5.73. The first-order valence-electron chi connectivity index (χ1n) is 5.73. The molecule has 19 heavy (non-hydrogen) atoms. The molecule has 1 N–H and O–H groups in total. The summed E-state index contributed by atoms with van der Waals surface area (Å²) in [4.78, 5) is 11.8. The molecule has 2 rings (SSSR count). The van der Waals surface area contributed by atoms with Crippen molar-refractivity contribution in [2.75, 3.05) is 7.11 Å². The number of hydrazone groups is 1. The average Bonchev–Trinajstić information content (AvgIpc) is 2.85. The number of furan rings is 1. The van der Waals surface area contributed by atoms with E-state index in [2.05, 4.69) is 10.5 Å². The Morgan fingerprint density at radius 3 is 2.84 bits per heavy atom. The summed E-state index contributed by atoms with van der Waals surface area (Å²) in [5, 5.41) is 3.90. The quantitative estimate of drug-likeness (QED) is 0.676. The Kier molecular flexibility index (Phi) is 3.97. The summed E-state index contributed by atoms with van der Waals surface area (Å²) in [5.74, 6) is 0.947. The van der Waals surface area contributed by atoms with E-state index >= 15 is 0 Å². The van der Waals surface area contributed by atoms with Gasteiger partial charge in [0.15, 0.2) is 0 Å². The van der Waals surface area contributed by atoms with E-state index in [-0.39, 0.29) is 5.91 Å². The molecule has 5 nitrogen and oxygen atoms in total. The minimum Gasteiger partial charge on any atom is -0.496 e. The number of carbonyl (C=O) groups excluding carboxylic acids is 1. The van der Waals surface area contributed by atoms with Gasteiger partial charge < -0.3 is 9.15 Å². The highest BCUT2D eigenvalue weighted by Gasteiger charge is 2.09. The molecule has 2 aromatic rings. The lowest BCUT2D eigenvalue weighted by molar-refractivity contribution is 0.0953. The molecular formula is C14H14N2O3. The van der Waals surface area contributed by atoms with Gasteiger partial charge in [0.1, 0.15) is 11.5 Å². The number of carbonyl (C=O) groups is 1. The normalized spacial score (nSPS) is 10.6. The zero-order chi connectivity index (χ0) is 13.7. The van der Waals surface area contributed by atoms with Crippen molar-refractivity contribution in [3.05, 3.63) is 53.5 Å². The Hall–Kier alpha value is -2.56. The largest absolute Gasteiger partial charge is 0.496 e. The predicted molar refractivity (Wildman–Crippen MR) is 71.5 cm³/mol. The van der Waals surface area contributed by atoms with Crippen LogP contribution in [-0.2, 0) is 0 Å². The molecule has 0 unspecified atom stereocenters. The smallest absolute Gasteiger partial charge is 0.274 e. The second kappa shape index (κ2) is 5.86. The zero-order valence-electron chi connectivity index (χ0n) is 10.7. The van der Waals surface area contributed by atoms with Gasteiger partial charge in [-0.15, -0.1) is 0 Å². The SMILES string of the molecule is COc1ccccc1/C=N\NC(=O)c1ccoc1C. The summed E-state index contributed by atoms with van der Waals surface area (Å²) in [6, 6.07) is 9.00. The number of aryl methyl sites for hydroxylation is 1. The average molecular weight is 258 g/mol. The Balaban J connectivity index is 2.04. The Bertz CT molecular complexity index is 602. The van der Waals surface area contributed by atoms with E-state index in [9.17, 15) is 4.79 Å². The van der Waals surface area contributed by atoms with Crippen molar-refractivity contribution in [3.8, 4) is 5.75 Å². The highest BCUT2D eigenvalue weighted by Crippen LogP contribution is 2.14. The van der Waals surface area contributed by atoms with E-state index in [1.807, 2.05) is 24.3 Å². The molecule has 0 aliphatic carbocycles. The number of ether oxygens (including phenoxy) is 1. The molecule has 0 saturated heterocycles. The maximum absolute atomic E-state index is 11.8. The van der Waals surface area contributed by atoms with Gasteiger partial charge in [0.2, 0.25) is 0 Å². The number of nitrogens with zero attached hydrogens (tertiary/aromatic N) is 1. The van der Waals surface area contributed by atoms with Crippen molar-refractivity contribution >= 4 is 12.1 Å². The van der Waals surface area contributed by atoms with Gasteiger partial charge >= 0.3 is 0 Å². The number of nitrogens with one attached hydrogen (secondary N) is 1. The van der Waals surface area contributed by atoms with Crippen LogP contribution in [0.5, 0.6) is 5.75 Å². The first-order chi connectivity index (χ1) is 9.22. The third-order valence-corrected chi connectivity index (χ3v) is 2.61. The van der Waals surface area contributed by atoms with E-state index in [0.29, 0.717) is 17.1 Å². The lowest BCUT2D eigenvalue weighted by Crippen LogP contribution is -2.17. The van der Waals surface area contributed by atoms with Gasteiger partial charge in [-0.3, -0.25) is 4.79 Å². The molecule has 1 aromatic heterocycles. The fourth-order valence-electron chi connectivity index (χ4n) is 1.61. The van der Waals surface area contributed by atoms with Crippen molar-refractivity contribution in [1.29, 1.82) is 0 Å². The van der Waals surface area contributed by atoms with Crippen molar-refractivity contribution in [1.82, 2.24) is 5.43 Å². The van der Waals surface area contributed by atoms with Crippen LogP contribution in [0.25, 0.3) is 0 Å². The second-order valence-electron chi connectivity index (χ2n) is 3.83. The highest BCUT2D eigenvalue weighted by molar-refractivity contribution is 5.95. The second-order valence-corrected chi connectivity index (χ2v) is 3.83. The zero-order valence-corrected chi connectivity index (χ0v) is 10.7. The lowest BCUT2D eigenvalue weighted by Gasteiger charge is -2.03. The highest BCUT2D eigenvalue weighted by atomic mass is 16.5. The maximum atomic E-state index is 11.8. The number of para-hydroxylation sites is 1. The number of hydrogen-bond acceptors (Lipinski definition) is 4. The van der Waals surface area contributed by atoms with Crippen molar-refractivity contribution < 1.29 is 13.9 Å². The first kappa shape index (κ1) is 12.9. The van der Waals surface area contributed by atoms with Crippen LogP contribution in [0.15, 0.2) is 46.1 Å². The molecule has 5 heteroatoms. The molecule has 1 heterocycles. The van der Waals surface area contributed by atoms with Crippen LogP contribution in [0.3, 0.4) is 0 Å². The van der Waals surface area contributed by atoms with Gasteiger partial charge in [0.25, 0.3) is 5.91 Å². The summed E-state index contributed by atoms with van der Waals surface area (Å²) in [6.45, 7) is 1.72. The van der Waals surface area contributed by atoms with Crippen LogP contribution >= 0.6 is 0 Å². The maximum Gasteiger partial charge on any atom is 0.274 e. The van der Waals surface area contributed by atoms with E-state index < -0.39 is 0 Å². The lowest BCUT2D eigenvalue weighted by atomic mass is 10.2. The van der Waals surface area contributed by atoms with Gasteiger partial charge in [-0.25, -0.2) is 5.43 Å². The molecule has 0 saturated carbocycles. The summed E-state index contributed by atoms with van der Waals surface area (Å²) in [6.07, 6.45) is 3.00. The number of hydrogen-bond donors (Lipinski definition) is 1. The molecular weight excluding hydrogens is 244 g/mol. The molecule has 0 atom stereocenters. The fourth-order valence-corrected chi connectivity index (χ4v) is 1.61. The molecule has 1 aromatic carbocycles. The van der Waals surface area contributed by atoms with Crippen LogP contribution in [0.2, 0.25) is 0 Å². The van der Waals surface area contributed by atoms with Crippen molar-refractivity contribution in [2.45, 2.75) is 6.92 Å². The Morgan fingerprint density at radius 2 is 2.16 bits per heavy atom. The summed E-state index contributed by atoms with van der Waals surface area (Å²) in [5.41, 5.74) is 3.70. The van der Waals surface area contributed by atoms with E-state index in [0.717, 1.165) is 5.56 Å². The Labute approximate surface area is 110 Å².